The number of aromatic nitrogens is 3. The molecule has 0 unspecified atom stereocenters. The molecule has 4 aromatic rings. The monoisotopic (exact) mass is 420 g/mol. The van der Waals surface area contributed by atoms with Gasteiger partial charge >= 0.3 is 0 Å². The third kappa shape index (κ3) is 3.94. The first-order valence-electron chi connectivity index (χ1n) is 10.2. The van der Waals surface area contributed by atoms with Gasteiger partial charge in [-0.1, -0.05) is 29.5 Å². The van der Waals surface area contributed by atoms with Gasteiger partial charge in [-0.15, -0.1) is 0 Å². The van der Waals surface area contributed by atoms with Gasteiger partial charge in [-0.3, -0.25) is 19.5 Å². The van der Waals surface area contributed by atoms with Crippen molar-refractivity contribution in [3.8, 4) is 0 Å². The highest BCUT2D eigenvalue weighted by atomic mass is 32.1. The number of rotatable bonds is 5. The maximum Gasteiger partial charge on any atom is 0.242 e. The van der Waals surface area contributed by atoms with Gasteiger partial charge < -0.3 is 4.40 Å². The number of hydrogen-bond acceptors (Lipinski definition) is 6. The average Bonchev–Trinajstić information content (AvgIpc) is 3.38. The van der Waals surface area contributed by atoms with Crippen molar-refractivity contribution in [2.75, 3.05) is 44.7 Å². The van der Waals surface area contributed by atoms with Crippen LogP contribution < -0.4 is 4.90 Å². The minimum atomic E-state index is 0.0860. The zero-order valence-corrected chi connectivity index (χ0v) is 17.8. The largest absolute Gasteiger partial charge is 0.307 e. The first-order valence-corrected chi connectivity index (χ1v) is 11.0. The molecule has 1 amide bonds. The van der Waals surface area contributed by atoms with Gasteiger partial charge in [-0.05, 0) is 24.3 Å². The van der Waals surface area contributed by atoms with Crippen molar-refractivity contribution < 1.29 is 4.79 Å². The Morgan fingerprint density at radius 1 is 1.03 bits per heavy atom. The third-order valence-corrected chi connectivity index (χ3v) is 6.68. The van der Waals surface area contributed by atoms with Crippen molar-refractivity contribution in [2.45, 2.75) is 6.54 Å². The molecule has 0 atom stereocenters. The van der Waals surface area contributed by atoms with Crippen LogP contribution in [-0.4, -0.2) is 69.8 Å². The predicted molar refractivity (Wildman–Crippen MR) is 120 cm³/mol. The molecule has 1 aliphatic heterocycles. The minimum absolute atomic E-state index is 0.0860. The molecular weight excluding hydrogens is 396 g/mol. The molecule has 1 saturated heterocycles. The number of hydrogen-bond donors (Lipinski definition) is 0. The van der Waals surface area contributed by atoms with Gasteiger partial charge in [0.05, 0.1) is 22.5 Å². The number of anilines is 1. The number of para-hydroxylation sites is 1. The Labute approximate surface area is 179 Å². The zero-order valence-electron chi connectivity index (χ0n) is 16.9. The van der Waals surface area contributed by atoms with Crippen molar-refractivity contribution in [1.82, 2.24) is 24.2 Å². The van der Waals surface area contributed by atoms with E-state index in [0.717, 1.165) is 59.4 Å². The van der Waals surface area contributed by atoms with Crippen LogP contribution in [0.4, 0.5) is 5.13 Å². The lowest BCUT2D eigenvalue weighted by Gasteiger charge is -2.34. The normalized spacial score (nSPS) is 15.8. The molecule has 154 valence electrons. The second-order valence-electron chi connectivity index (χ2n) is 7.67. The molecule has 5 rings (SSSR count). The zero-order chi connectivity index (χ0) is 20.5. The Kier molecular flexibility index (Phi) is 5.20. The number of amides is 1. The Morgan fingerprint density at radius 2 is 1.80 bits per heavy atom. The summed E-state index contributed by atoms with van der Waals surface area (Å²) in [6, 6.07) is 14.0. The molecule has 1 fully saturated rings. The highest BCUT2D eigenvalue weighted by Gasteiger charge is 2.22. The SMILES string of the molecule is CN(C(=O)CN1CCN(Cc2cn3ccccc3n2)CC1)c1nc2ccccc2s1. The molecule has 3 aromatic heterocycles. The topological polar surface area (TPSA) is 57.0 Å². The highest BCUT2D eigenvalue weighted by molar-refractivity contribution is 7.22. The average molecular weight is 421 g/mol. The first kappa shape index (κ1) is 19.2. The molecule has 0 radical (unpaired) electrons. The number of piperazine rings is 1. The summed E-state index contributed by atoms with van der Waals surface area (Å²) in [5.74, 6) is 0.0860. The van der Waals surface area contributed by atoms with Crippen LogP contribution in [0.5, 0.6) is 0 Å². The van der Waals surface area contributed by atoms with E-state index in [2.05, 4.69) is 25.4 Å². The predicted octanol–water partition coefficient (Wildman–Crippen LogP) is 2.72. The number of likely N-dealkylation sites (N-methyl/N-ethyl adjacent to an activating group) is 1. The number of imidazole rings is 1. The molecule has 4 heterocycles. The molecule has 0 spiro atoms. The summed E-state index contributed by atoms with van der Waals surface area (Å²) in [4.78, 5) is 28.4. The fourth-order valence-electron chi connectivity index (χ4n) is 3.81. The van der Waals surface area contributed by atoms with E-state index in [1.165, 1.54) is 0 Å². The summed E-state index contributed by atoms with van der Waals surface area (Å²) >= 11 is 1.56. The second-order valence-corrected chi connectivity index (χ2v) is 8.68. The second kappa shape index (κ2) is 8.14. The maximum atomic E-state index is 12.8. The molecule has 30 heavy (non-hydrogen) atoms. The molecular formula is C22H24N6OS. The lowest BCUT2D eigenvalue weighted by atomic mass is 10.3. The lowest BCUT2D eigenvalue weighted by Crippen LogP contribution is -2.49. The van der Waals surface area contributed by atoms with Gasteiger partial charge in [0.15, 0.2) is 5.13 Å². The molecule has 1 aliphatic rings. The van der Waals surface area contributed by atoms with Gasteiger partial charge in [-0.2, -0.15) is 0 Å². The van der Waals surface area contributed by atoms with Crippen molar-refractivity contribution in [1.29, 1.82) is 0 Å². The van der Waals surface area contributed by atoms with Crippen LogP contribution in [0.25, 0.3) is 15.9 Å². The molecule has 1 aromatic carbocycles. The van der Waals surface area contributed by atoms with E-state index in [9.17, 15) is 4.79 Å². The standard InChI is InChI=1S/C22H24N6OS/c1-25(22-24-18-6-2-3-7-19(18)30-22)21(29)16-27-12-10-26(11-13-27)14-17-15-28-9-5-4-8-20(28)23-17/h2-9,15H,10-14,16H2,1H3. The van der Waals surface area contributed by atoms with Crippen LogP contribution in [0.3, 0.4) is 0 Å². The summed E-state index contributed by atoms with van der Waals surface area (Å²) in [5.41, 5.74) is 3.01. The van der Waals surface area contributed by atoms with Crippen LogP contribution >= 0.6 is 11.3 Å². The summed E-state index contributed by atoms with van der Waals surface area (Å²) in [5, 5.41) is 0.756. The Balaban J connectivity index is 1.15. The van der Waals surface area contributed by atoms with Crippen LogP contribution in [0.2, 0.25) is 0 Å². The molecule has 0 saturated carbocycles. The van der Waals surface area contributed by atoms with E-state index < -0.39 is 0 Å². The van der Waals surface area contributed by atoms with Crippen LogP contribution in [0.15, 0.2) is 54.9 Å². The number of carbonyl (C=O) groups excluding carboxylic acids is 1. The smallest absolute Gasteiger partial charge is 0.242 e. The van der Waals surface area contributed by atoms with E-state index in [1.54, 1.807) is 16.2 Å². The van der Waals surface area contributed by atoms with Crippen LogP contribution in [0.1, 0.15) is 5.69 Å². The Bertz CT molecular complexity index is 1110. The molecule has 0 N–H and O–H groups in total. The fraction of sp³-hybridized carbons (Fsp3) is 0.318. The van der Waals surface area contributed by atoms with Crippen molar-refractivity contribution in [3.63, 3.8) is 0 Å². The van der Waals surface area contributed by atoms with E-state index in [0.29, 0.717) is 6.54 Å². The number of carbonyl (C=O) groups is 1. The Morgan fingerprint density at radius 3 is 2.60 bits per heavy atom. The number of thiazole rings is 1. The van der Waals surface area contributed by atoms with E-state index in [-0.39, 0.29) is 5.91 Å². The summed E-state index contributed by atoms with van der Waals surface area (Å²) in [6.45, 7) is 4.90. The van der Waals surface area contributed by atoms with Gasteiger partial charge in [0.25, 0.3) is 0 Å². The molecule has 8 heteroatoms. The highest BCUT2D eigenvalue weighted by Crippen LogP contribution is 2.27. The number of nitrogens with zero attached hydrogens (tertiary/aromatic N) is 6. The first-order chi connectivity index (χ1) is 14.7. The van der Waals surface area contributed by atoms with Crippen molar-refractivity contribution in [3.05, 3.63) is 60.6 Å². The number of benzene rings is 1. The Hall–Kier alpha value is -2.81. The van der Waals surface area contributed by atoms with Gasteiger partial charge in [0, 0.05) is 52.2 Å². The van der Waals surface area contributed by atoms with Crippen LogP contribution in [0, 0.1) is 0 Å². The van der Waals surface area contributed by atoms with Gasteiger partial charge in [-0.25, -0.2) is 9.97 Å². The lowest BCUT2D eigenvalue weighted by molar-refractivity contribution is -0.119. The molecule has 0 aliphatic carbocycles. The fourth-order valence-corrected chi connectivity index (χ4v) is 4.75. The third-order valence-electron chi connectivity index (χ3n) is 5.57. The van der Waals surface area contributed by atoms with E-state index in [4.69, 9.17) is 4.98 Å². The van der Waals surface area contributed by atoms with Crippen molar-refractivity contribution in [2.24, 2.45) is 0 Å². The van der Waals surface area contributed by atoms with E-state index in [1.807, 2.05) is 55.7 Å². The molecule has 0 bridgehead atoms. The minimum Gasteiger partial charge on any atom is -0.307 e. The van der Waals surface area contributed by atoms with Gasteiger partial charge in [0.1, 0.15) is 5.65 Å². The summed E-state index contributed by atoms with van der Waals surface area (Å²) in [6.07, 6.45) is 4.12. The van der Waals surface area contributed by atoms with Gasteiger partial charge in [0.2, 0.25) is 5.91 Å². The van der Waals surface area contributed by atoms with E-state index >= 15 is 0 Å². The molecule has 7 nitrogen and oxygen atoms in total. The van der Waals surface area contributed by atoms with Crippen molar-refractivity contribution >= 4 is 38.2 Å². The summed E-state index contributed by atoms with van der Waals surface area (Å²) < 4.78 is 3.16. The number of pyridine rings is 1. The van der Waals surface area contributed by atoms with Crippen LogP contribution in [-0.2, 0) is 11.3 Å². The summed E-state index contributed by atoms with van der Waals surface area (Å²) in [7, 11) is 1.82. The quantitative estimate of drug-likeness (QED) is 0.497. The number of fused-ring (bicyclic) bond motifs is 2. The maximum absolute atomic E-state index is 12.8.